The molecule has 0 saturated carbocycles. The first kappa shape index (κ1) is 12.4. The highest BCUT2D eigenvalue weighted by molar-refractivity contribution is 5.80. The van der Waals surface area contributed by atoms with Gasteiger partial charge in [0.2, 0.25) is 0 Å². The Morgan fingerprint density at radius 1 is 1.19 bits per heavy atom. The van der Waals surface area contributed by atoms with E-state index in [4.69, 9.17) is 14.6 Å². The lowest BCUT2D eigenvalue weighted by molar-refractivity contribution is -0.142. The zero-order valence-corrected chi connectivity index (χ0v) is 9.90. The minimum absolute atomic E-state index is 0.536. The molecule has 1 N–H and O–H groups in total. The van der Waals surface area contributed by atoms with Crippen LogP contribution in [-0.4, -0.2) is 25.3 Å². The summed E-state index contributed by atoms with van der Waals surface area (Å²) < 4.78 is 10.2. The Morgan fingerprint density at radius 3 is 2.19 bits per heavy atom. The molecule has 4 heteroatoms. The smallest absolute Gasteiger partial charge is 0.313 e. The molecule has 0 fully saturated rings. The predicted molar refractivity (Wildman–Crippen MR) is 60.2 cm³/mol. The molecule has 0 unspecified atom stereocenters. The maximum absolute atomic E-state index is 11.1. The van der Waals surface area contributed by atoms with E-state index in [2.05, 4.69) is 0 Å². The highest BCUT2D eigenvalue weighted by Crippen LogP contribution is 2.33. The van der Waals surface area contributed by atoms with E-state index in [0.29, 0.717) is 17.1 Å². The predicted octanol–water partition coefficient (Wildman–Crippen LogP) is 2.07. The van der Waals surface area contributed by atoms with Crippen LogP contribution in [0.25, 0.3) is 0 Å². The van der Waals surface area contributed by atoms with Gasteiger partial charge in [0.1, 0.15) is 0 Å². The highest BCUT2D eigenvalue weighted by Gasteiger charge is 2.30. The molecule has 1 aromatic carbocycles. The SMILES string of the molecule is COc1ccc(C(C)(C)C(=O)O)cc1OC. The molecule has 0 amide bonds. The standard InChI is InChI=1S/C12H16O4/c1-12(2,11(13)14)8-5-6-9(15-3)10(7-8)16-4/h5-7H,1-4H3,(H,13,14). The average Bonchev–Trinajstić information content (AvgIpc) is 2.27. The molecule has 0 spiro atoms. The van der Waals surface area contributed by atoms with Crippen molar-refractivity contribution < 1.29 is 19.4 Å². The molecule has 0 aliphatic rings. The van der Waals surface area contributed by atoms with Crippen molar-refractivity contribution in [2.75, 3.05) is 14.2 Å². The van der Waals surface area contributed by atoms with Gasteiger partial charge in [-0.05, 0) is 31.5 Å². The highest BCUT2D eigenvalue weighted by atomic mass is 16.5. The zero-order valence-electron chi connectivity index (χ0n) is 9.90. The van der Waals surface area contributed by atoms with Crippen molar-refractivity contribution >= 4 is 5.97 Å². The van der Waals surface area contributed by atoms with E-state index >= 15 is 0 Å². The molecule has 88 valence electrons. The molecule has 4 nitrogen and oxygen atoms in total. The number of carboxylic acid groups (broad SMARTS) is 1. The summed E-state index contributed by atoms with van der Waals surface area (Å²) in [6.07, 6.45) is 0. The van der Waals surface area contributed by atoms with Gasteiger partial charge in [0, 0.05) is 0 Å². The number of methoxy groups -OCH3 is 2. The van der Waals surface area contributed by atoms with Crippen LogP contribution < -0.4 is 9.47 Å². The zero-order chi connectivity index (χ0) is 12.3. The van der Waals surface area contributed by atoms with E-state index in [1.165, 1.54) is 7.11 Å². The molecule has 1 rings (SSSR count). The van der Waals surface area contributed by atoms with Gasteiger partial charge in [0.25, 0.3) is 0 Å². The second kappa shape index (κ2) is 4.43. The fourth-order valence-electron chi connectivity index (χ4n) is 1.35. The van der Waals surface area contributed by atoms with Crippen molar-refractivity contribution in [2.45, 2.75) is 19.3 Å². The Morgan fingerprint density at radius 2 is 1.75 bits per heavy atom. The Labute approximate surface area is 94.8 Å². The van der Waals surface area contributed by atoms with E-state index in [9.17, 15) is 4.79 Å². The third-order valence-electron chi connectivity index (χ3n) is 2.64. The molecule has 0 radical (unpaired) electrons. The Balaban J connectivity index is 3.23. The van der Waals surface area contributed by atoms with Gasteiger partial charge in [0.05, 0.1) is 19.6 Å². The first-order valence-electron chi connectivity index (χ1n) is 4.89. The summed E-state index contributed by atoms with van der Waals surface area (Å²) in [5.74, 6) is 0.251. The van der Waals surface area contributed by atoms with Crippen molar-refractivity contribution in [1.29, 1.82) is 0 Å². The number of carboxylic acids is 1. The largest absolute Gasteiger partial charge is 0.493 e. The maximum atomic E-state index is 11.1. The molecule has 0 saturated heterocycles. The van der Waals surface area contributed by atoms with E-state index < -0.39 is 11.4 Å². The van der Waals surface area contributed by atoms with Crippen LogP contribution >= 0.6 is 0 Å². The summed E-state index contributed by atoms with van der Waals surface area (Å²) in [4.78, 5) is 11.1. The van der Waals surface area contributed by atoms with Crippen molar-refractivity contribution in [2.24, 2.45) is 0 Å². The molecular formula is C12H16O4. The van der Waals surface area contributed by atoms with E-state index in [0.717, 1.165) is 0 Å². The van der Waals surface area contributed by atoms with Crippen LogP contribution in [0.1, 0.15) is 19.4 Å². The number of carbonyl (C=O) groups is 1. The molecule has 0 aromatic heterocycles. The second-order valence-corrected chi connectivity index (χ2v) is 4.00. The van der Waals surface area contributed by atoms with Gasteiger partial charge >= 0.3 is 5.97 Å². The first-order chi connectivity index (χ1) is 7.43. The monoisotopic (exact) mass is 224 g/mol. The second-order valence-electron chi connectivity index (χ2n) is 4.00. The lowest BCUT2D eigenvalue weighted by Crippen LogP contribution is -2.28. The molecular weight excluding hydrogens is 208 g/mol. The van der Waals surface area contributed by atoms with Crippen LogP contribution in [-0.2, 0) is 10.2 Å². The number of benzene rings is 1. The van der Waals surface area contributed by atoms with E-state index in [1.54, 1.807) is 39.2 Å². The van der Waals surface area contributed by atoms with Gasteiger partial charge in [0.15, 0.2) is 11.5 Å². The third-order valence-corrected chi connectivity index (χ3v) is 2.64. The van der Waals surface area contributed by atoms with Gasteiger partial charge in [-0.15, -0.1) is 0 Å². The minimum Gasteiger partial charge on any atom is -0.493 e. The van der Waals surface area contributed by atoms with Crippen molar-refractivity contribution in [1.82, 2.24) is 0 Å². The van der Waals surface area contributed by atoms with Crippen molar-refractivity contribution in [3.8, 4) is 11.5 Å². The summed E-state index contributed by atoms with van der Waals surface area (Å²) in [5, 5.41) is 9.11. The summed E-state index contributed by atoms with van der Waals surface area (Å²) in [6.45, 7) is 3.30. The van der Waals surface area contributed by atoms with Crippen LogP contribution in [0.15, 0.2) is 18.2 Å². The quantitative estimate of drug-likeness (QED) is 0.850. The maximum Gasteiger partial charge on any atom is 0.313 e. The van der Waals surface area contributed by atoms with Crippen LogP contribution in [0.2, 0.25) is 0 Å². The van der Waals surface area contributed by atoms with Gasteiger partial charge in [-0.25, -0.2) is 0 Å². The minimum atomic E-state index is -0.945. The van der Waals surface area contributed by atoms with Gasteiger partial charge in [-0.1, -0.05) is 6.07 Å². The van der Waals surface area contributed by atoms with Gasteiger partial charge in [-0.2, -0.15) is 0 Å². The number of aliphatic carboxylic acids is 1. The fraction of sp³-hybridized carbons (Fsp3) is 0.417. The summed E-state index contributed by atoms with van der Waals surface area (Å²) in [5.41, 5.74) is -0.267. The van der Waals surface area contributed by atoms with Crippen LogP contribution in [0, 0.1) is 0 Å². The molecule has 0 bridgehead atoms. The third kappa shape index (κ3) is 2.10. The lowest BCUT2D eigenvalue weighted by Gasteiger charge is -2.21. The molecule has 1 aromatic rings. The Kier molecular flexibility index (Phi) is 3.42. The molecule has 0 aliphatic heterocycles. The summed E-state index contributed by atoms with van der Waals surface area (Å²) in [7, 11) is 3.06. The molecule has 0 atom stereocenters. The Hall–Kier alpha value is -1.71. The fourth-order valence-corrected chi connectivity index (χ4v) is 1.35. The van der Waals surface area contributed by atoms with Crippen molar-refractivity contribution in [3.05, 3.63) is 23.8 Å². The molecule has 0 heterocycles. The van der Waals surface area contributed by atoms with Gasteiger partial charge < -0.3 is 14.6 Å². The number of rotatable bonds is 4. The van der Waals surface area contributed by atoms with Crippen LogP contribution in [0.5, 0.6) is 11.5 Å². The van der Waals surface area contributed by atoms with Gasteiger partial charge in [-0.3, -0.25) is 4.79 Å². The number of ether oxygens (including phenoxy) is 2. The van der Waals surface area contributed by atoms with E-state index in [-0.39, 0.29) is 0 Å². The number of hydrogen-bond donors (Lipinski definition) is 1. The van der Waals surface area contributed by atoms with Crippen molar-refractivity contribution in [3.63, 3.8) is 0 Å². The molecule has 16 heavy (non-hydrogen) atoms. The topological polar surface area (TPSA) is 55.8 Å². The normalized spacial score (nSPS) is 11.0. The lowest BCUT2D eigenvalue weighted by atomic mass is 9.85. The van der Waals surface area contributed by atoms with Crippen LogP contribution in [0.3, 0.4) is 0 Å². The van der Waals surface area contributed by atoms with E-state index in [1.807, 2.05) is 0 Å². The Bertz CT molecular complexity index is 396. The number of hydrogen-bond acceptors (Lipinski definition) is 3. The summed E-state index contributed by atoms with van der Waals surface area (Å²) in [6, 6.07) is 5.13. The van der Waals surface area contributed by atoms with Crippen LogP contribution in [0.4, 0.5) is 0 Å². The average molecular weight is 224 g/mol. The first-order valence-corrected chi connectivity index (χ1v) is 4.89. The molecule has 0 aliphatic carbocycles. The summed E-state index contributed by atoms with van der Waals surface area (Å²) >= 11 is 0.